The standard InChI is InChI=1S/C14H30N2O/c1-5-15-13-8-12(9-14(2,3)4)10-16(11-13)6-7-17/h12-13,15,17H,5-11H2,1-4H3. The normalized spacial score (nSPS) is 27.4. The van der Waals surface area contributed by atoms with Gasteiger partial charge in [-0.15, -0.1) is 0 Å². The van der Waals surface area contributed by atoms with Gasteiger partial charge in [0.15, 0.2) is 0 Å². The maximum Gasteiger partial charge on any atom is 0.0558 e. The molecule has 1 saturated heterocycles. The lowest BCUT2D eigenvalue weighted by Crippen LogP contribution is -2.50. The molecule has 0 saturated carbocycles. The van der Waals surface area contributed by atoms with Crippen molar-refractivity contribution in [2.24, 2.45) is 11.3 Å². The minimum absolute atomic E-state index is 0.279. The first-order valence-corrected chi connectivity index (χ1v) is 7.01. The molecule has 1 heterocycles. The predicted octanol–water partition coefficient (Wildman–Crippen LogP) is 1.71. The van der Waals surface area contributed by atoms with Gasteiger partial charge in [0.05, 0.1) is 6.61 Å². The number of aliphatic hydroxyl groups excluding tert-OH is 1. The van der Waals surface area contributed by atoms with E-state index < -0.39 is 0 Å². The topological polar surface area (TPSA) is 35.5 Å². The second-order valence-corrected chi connectivity index (χ2v) is 6.60. The molecule has 0 aromatic rings. The van der Waals surface area contributed by atoms with Crippen LogP contribution in [0.15, 0.2) is 0 Å². The zero-order valence-electron chi connectivity index (χ0n) is 12.0. The monoisotopic (exact) mass is 242 g/mol. The van der Waals surface area contributed by atoms with Crippen molar-refractivity contribution in [1.82, 2.24) is 10.2 Å². The van der Waals surface area contributed by atoms with Crippen molar-refractivity contribution in [2.45, 2.75) is 46.6 Å². The summed E-state index contributed by atoms with van der Waals surface area (Å²) in [6, 6.07) is 0.604. The van der Waals surface area contributed by atoms with Gasteiger partial charge in [0.1, 0.15) is 0 Å². The predicted molar refractivity (Wildman–Crippen MR) is 73.2 cm³/mol. The third-order valence-electron chi connectivity index (χ3n) is 3.42. The average molecular weight is 242 g/mol. The van der Waals surface area contributed by atoms with E-state index in [2.05, 4.69) is 37.9 Å². The summed E-state index contributed by atoms with van der Waals surface area (Å²) in [5.41, 5.74) is 0.406. The number of likely N-dealkylation sites (tertiary alicyclic amines) is 1. The summed E-state index contributed by atoms with van der Waals surface area (Å²) in [6.45, 7) is 13.5. The van der Waals surface area contributed by atoms with Gasteiger partial charge >= 0.3 is 0 Å². The van der Waals surface area contributed by atoms with Crippen molar-refractivity contribution in [3.63, 3.8) is 0 Å². The molecule has 0 aliphatic carbocycles. The van der Waals surface area contributed by atoms with Crippen LogP contribution in [-0.2, 0) is 0 Å². The molecule has 0 bridgehead atoms. The summed E-state index contributed by atoms with van der Waals surface area (Å²) in [4.78, 5) is 2.41. The molecule has 102 valence electrons. The molecule has 2 N–H and O–H groups in total. The van der Waals surface area contributed by atoms with Gasteiger partial charge in [0, 0.05) is 25.7 Å². The molecular formula is C14H30N2O. The van der Waals surface area contributed by atoms with Gasteiger partial charge in [-0.1, -0.05) is 27.7 Å². The lowest BCUT2D eigenvalue weighted by Gasteiger charge is -2.40. The zero-order chi connectivity index (χ0) is 12.9. The molecule has 3 heteroatoms. The Hall–Kier alpha value is -0.120. The van der Waals surface area contributed by atoms with E-state index in [0.29, 0.717) is 11.5 Å². The number of nitrogens with one attached hydrogen (secondary N) is 1. The number of piperidine rings is 1. The molecule has 0 aromatic heterocycles. The molecule has 0 aromatic carbocycles. The first-order valence-electron chi connectivity index (χ1n) is 7.01. The highest BCUT2D eigenvalue weighted by Crippen LogP contribution is 2.30. The second-order valence-electron chi connectivity index (χ2n) is 6.60. The molecule has 0 radical (unpaired) electrons. The Morgan fingerprint density at radius 3 is 2.53 bits per heavy atom. The fourth-order valence-electron chi connectivity index (χ4n) is 3.08. The van der Waals surface area contributed by atoms with E-state index in [1.165, 1.54) is 12.8 Å². The molecule has 1 fully saturated rings. The van der Waals surface area contributed by atoms with Gasteiger partial charge in [-0.2, -0.15) is 0 Å². The highest BCUT2D eigenvalue weighted by molar-refractivity contribution is 4.85. The smallest absolute Gasteiger partial charge is 0.0558 e. The van der Waals surface area contributed by atoms with E-state index in [0.717, 1.165) is 32.1 Å². The van der Waals surface area contributed by atoms with Crippen LogP contribution >= 0.6 is 0 Å². The molecule has 1 aliphatic rings. The molecule has 2 unspecified atom stereocenters. The van der Waals surface area contributed by atoms with Crippen molar-refractivity contribution in [3.05, 3.63) is 0 Å². The van der Waals surface area contributed by atoms with Crippen LogP contribution in [0.1, 0.15) is 40.5 Å². The van der Waals surface area contributed by atoms with E-state index in [4.69, 9.17) is 5.11 Å². The average Bonchev–Trinajstić information content (AvgIpc) is 2.15. The highest BCUT2D eigenvalue weighted by atomic mass is 16.3. The Kier molecular flexibility index (Phi) is 5.90. The van der Waals surface area contributed by atoms with Crippen LogP contribution in [0.2, 0.25) is 0 Å². The molecule has 0 spiro atoms. The van der Waals surface area contributed by atoms with Gasteiger partial charge < -0.3 is 10.4 Å². The minimum atomic E-state index is 0.279. The van der Waals surface area contributed by atoms with Crippen molar-refractivity contribution in [3.8, 4) is 0 Å². The van der Waals surface area contributed by atoms with E-state index in [1.54, 1.807) is 0 Å². The Labute approximate surface area is 107 Å². The van der Waals surface area contributed by atoms with E-state index in [1.807, 2.05) is 0 Å². The first-order chi connectivity index (χ1) is 7.94. The fraction of sp³-hybridized carbons (Fsp3) is 1.00. The van der Waals surface area contributed by atoms with Crippen molar-refractivity contribution < 1.29 is 5.11 Å². The molecule has 1 rings (SSSR count). The van der Waals surface area contributed by atoms with Crippen LogP contribution in [0.5, 0.6) is 0 Å². The number of likely N-dealkylation sites (N-methyl/N-ethyl adjacent to an activating group) is 1. The van der Waals surface area contributed by atoms with Crippen LogP contribution < -0.4 is 5.32 Å². The molecule has 2 atom stereocenters. The van der Waals surface area contributed by atoms with E-state index in [-0.39, 0.29) is 6.61 Å². The number of β-amino-alcohol motifs (C(OH)–C–C–N with tert-alkyl or cyclic N) is 1. The minimum Gasteiger partial charge on any atom is -0.395 e. The van der Waals surface area contributed by atoms with Crippen LogP contribution in [0, 0.1) is 11.3 Å². The molecular weight excluding hydrogens is 212 g/mol. The Balaban J connectivity index is 2.52. The Bertz CT molecular complexity index is 199. The van der Waals surface area contributed by atoms with Crippen LogP contribution in [-0.4, -0.2) is 48.8 Å². The highest BCUT2D eigenvalue weighted by Gasteiger charge is 2.29. The summed E-state index contributed by atoms with van der Waals surface area (Å²) >= 11 is 0. The van der Waals surface area contributed by atoms with Crippen LogP contribution in [0.25, 0.3) is 0 Å². The second kappa shape index (κ2) is 6.72. The summed E-state index contributed by atoms with van der Waals surface area (Å²) in [5, 5.41) is 12.7. The van der Waals surface area contributed by atoms with Crippen LogP contribution in [0.3, 0.4) is 0 Å². The number of hydrogen-bond acceptors (Lipinski definition) is 3. The van der Waals surface area contributed by atoms with Gasteiger partial charge in [-0.25, -0.2) is 0 Å². The summed E-state index contributed by atoms with van der Waals surface area (Å²) in [7, 11) is 0. The molecule has 1 aliphatic heterocycles. The van der Waals surface area contributed by atoms with E-state index >= 15 is 0 Å². The summed E-state index contributed by atoms with van der Waals surface area (Å²) in [6.07, 6.45) is 2.56. The lowest BCUT2D eigenvalue weighted by molar-refractivity contribution is 0.0967. The molecule has 0 amide bonds. The third kappa shape index (κ3) is 5.84. The number of rotatable bonds is 5. The van der Waals surface area contributed by atoms with Gasteiger partial charge in [-0.3, -0.25) is 4.90 Å². The van der Waals surface area contributed by atoms with Gasteiger partial charge in [-0.05, 0) is 30.7 Å². The fourth-order valence-corrected chi connectivity index (χ4v) is 3.08. The maximum absolute atomic E-state index is 9.09. The van der Waals surface area contributed by atoms with E-state index in [9.17, 15) is 0 Å². The third-order valence-corrected chi connectivity index (χ3v) is 3.42. The van der Waals surface area contributed by atoms with Crippen molar-refractivity contribution in [2.75, 3.05) is 32.8 Å². The Morgan fingerprint density at radius 2 is 2.00 bits per heavy atom. The van der Waals surface area contributed by atoms with Crippen molar-refractivity contribution in [1.29, 1.82) is 0 Å². The number of aliphatic hydroxyl groups is 1. The molecule has 3 nitrogen and oxygen atoms in total. The zero-order valence-corrected chi connectivity index (χ0v) is 12.0. The molecule has 17 heavy (non-hydrogen) atoms. The quantitative estimate of drug-likeness (QED) is 0.770. The first kappa shape index (κ1) is 14.9. The van der Waals surface area contributed by atoms with Crippen LogP contribution in [0.4, 0.5) is 0 Å². The van der Waals surface area contributed by atoms with Gasteiger partial charge in [0.25, 0.3) is 0 Å². The lowest BCUT2D eigenvalue weighted by atomic mass is 9.80. The SMILES string of the molecule is CCNC1CC(CC(C)(C)C)CN(CCO)C1. The number of hydrogen-bond donors (Lipinski definition) is 2. The van der Waals surface area contributed by atoms with Crippen molar-refractivity contribution >= 4 is 0 Å². The summed E-state index contributed by atoms with van der Waals surface area (Å²) < 4.78 is 0. The van der Waals surface area contributed by atoms with Gasteiger partial charge in [0.2, 0.25) is 0 Å². The Morgan fingerprint density at radius 1 is 1.29 bits per heavy atom. The number of nitrogens with zero attached hydrogens (tertiary/aromatic N) is 1. The maximum atomic E-state index is 9.09. The summed E-state index contributed by atoms with van der Waals surface area (Å²) in [5.74, 6) is 0.763. The largest absolute Gasteiger partial charge is 0.395 e.